The molecule has 0 N–H and O–H groups in total. The van der Waals surface area contributed by atoms with Gasteiger partial charge in [-0.1, -0.05) is 37.1 Å². The highest BCUT2D eigenvalue weighted by atomic mass is 16.1. The summed E-state index contributed by atoms with van der Waals surface area (Å²) in [6.45, 7) is 0. The van der Waals surface area contributed by atoms with Crippen molar-refractivity contribution < 1.29 is 4.79 Å². The van der Waals surface area contributed by atoms with Crippen LogP contribution in [0.15, 0.2) is 24.3 Å². The molecule has 0 aromatic heterocycles. The molecule has 0 aromatic carbocycles. The molecule has 1 rings (SSSR count). The van der Waals surface area contributed by atoms with Crippen LogP contribution in [-0.4, -0.2) is 5.78 Å². The summed E-state index contributed by atoms with van der Waals surface area (Å²) in [4.78, 5) is 11.2. The van der Waals surface area contributed by atoms with Gasteiger partial charge in [0.25, 0.3) is 0 Å². The van der Waals surface area contributed by atoms with Crippen molar-refractivity contribution in [2.45, 2.75) is 44.9 Å². The summed E-state index contributed by atoms with van der Waals surface area (Å²) in [5.74, 6) is 0.380. The lowest BCUT2D eigenvalue weighted by molar-refractivity contribution is -0.118. The highest BCUT2D eigenvalue weighted by Gasteiger charge is 1.98. The van der Waals surface area contributed by atoms with Crippen LogP contribution in [0, 0.1) is 0 Å². The van der Waals surface area contributed by atoms with Crippen molar-refractivity contribution >= 4 is 5.78 Å². The van der Waals surface area contributed by atoms with Gasteiger partial charge in [-0.3, -0.25) is 4.79 Å². The lowest BCUT2D eigenvalue weighted by atomic mass is 10.1. The van der Waals surface area contributed by atoms with Gasteiger partial charge in [0.05, 0.1) is 0 Å². The second-order valence-corrected chi connectivity index (χ2v) is 3.55. The van der Waals surface area contributed by atoms with E-state index in [0.29, 0.717) is 12.2 Å². The first kappa shape index (κ1) is 10.2. The average Bonchev–Trinajstić information content (AvgIpc) is 2.11. The van der Waals surface area contributed by atoms with Gasteiger partial charge in [-0.2, -0.15) is 0 Å². The molecule has 0 atom stereocenters. The van der Waals surface area contributed by atoms with Crippen LogP contribution >= 0.6 is 0 Å². The molecule has 0 heterocycles. The van der Waals surface area contributed by atoms with E-state index in [1.807, 2.05) is 12.2 Å². The number of carbonyl (C=O) groups excluding carboxylic acids is 1. The molecule has 1 aliphatic carbocycles. The van der Waals surface area contributed by atoms with Gasteiger partial charge in [-0.25, -0.2) is 0 Å². The fraction of sp³-hybridized carbons (Fsp3) is 0.583. The van der Waals surface area contributed by atoms with Crippen molar-refractivity contribution in [3.05, 3.63) is 24.3 Å². The summed E-state index contributed by atoms with van der Waals surface area (Å²) in [7, 11) is 0. The van der Waals surface area contributed by atoms with Gasteiger partial charge in [-0.15, -0.1) is 0 Å². The largest absolute Gasteiger partial charge is 0.299 e. The van der Waals surface area contributed by atoms with Crippen molar-refractivity contribution in [2.24, 2.45) is 0 Å². The van der Waals surface area contributed by atoms with E-state index in [0.717, 1.165) is 12.8 Å². The monoisotopic (exact) mass is 178 g/mol. The molecule has 0 saturated carbocycles. The standard InChI is InChI=1S/C12H18O/c13-12-10-8-6-4-2-1-3-5-7-9-11-12/h2,4,6,8H,1,3,5,7,9-11H2. The normalized spacial score (nSPS) is 20.8. The predicted molar refractivity (Wildman–Crippen MR) is 55.6 cm³/mol. The number of hydrogen-bond acceptors (Lipinski definition) is 1. The number of rotatable bonds is 0. The highest BCUT2D eigenvalue weighted by molar-refractivity contribution is 5.79. The van der Waals surface area contributed by atoms with Crippen molar-refractivity contribution in [3.8, 4) is 0 Å². The Morgan fingerprint density at radius 2 is 1.69 bits per heavy atom. The van der Waals surface area contributed by atoms with Crippen molar-refractivity contribution in [3.63, 3.8) is 0 Å². The molecule has 72 valence electrons. The Bertz CT molecular complexity index is 201. The average molecular weight is 178 g/mol. The molecule has 0 aromatic rings. The molecule has 0 spiro atoms. The van der Waals surface area contributed by atoms with E-state index >= 15 is 0 Å². The zero-order chi connectivity index (χ0) is 9.36. The maximum absolute atomic E-state index is 11.2. The van der Waals surface area contributed by atoms with Crippen LogP contribution in [0.2, 0.25) is 0 Å². The lowest BCUT2D eigenvalue weighted by Crippen LogP contribution is -1.95. The maximum Gasteiger partial charge on any atom is 0.136 e. The first-order chi connectivity index (χ1) is 6.39. The third-order valence-corrected chi connectivity index (χ3v) is 2.31. The zero-order valence-corrected chi connectivity index (χ0v) is 8.17. The smallest absolute Gasteiger partial charge is 0.136 e. The first-order valence-electron chi connectivity index (χ1n) is 5.23. The molecule has 0 amide bonds. The second kappa shape index (κ2) is 6.64. The van der Waals surface area contributed by atoms with E-state index in [9.17, 15) is 4.79 Å². The van der Waals surface area contributed by atoms with Crippen LogP contribution in [0.3, 0.4) is 0 Å². The number of Topliss-reactive ketones (excluding diaryl/α,β-unsaturated/α-hetero) is 1. The fourth-order valence-electron chi connectivity index (χ4n) is 1.49. The molecule has 0 fully saturated rings. The molecular formula is C12H18O. The SMILES string of the molecule is O=C1CC=CC=CCCCCCC1. The number of hydrogen-bond donors (Lipinski definition) is 0. The predicted octanol–water partition coefficient (Wildman–Crippen LogP) is 3.41. The zero-order valence-electron chi connectivity index (χ0n) is 8.17. The Morgan fingerprint density at radius 3 is 2.62 bits per heavy atom. The van der Waals surface area contributed by atoms with E-state index in [1.165, 1.54) is 25.7 Å². The van der Waals surface area contributed by atoms with Crippen LogP contribution in [0.25, 0.3) is 0 Å². The Balaban J connectivity index is 2.36. The molecule has 1 nitrogen and oxygen atoms in total. The van der Waals surface area contributed by atoms with E-state index in [2.05, 4.69) is 12.2 Å². The summed E-state index contributed by atoms with van der Waals surface area (Å²) in [5, 5.41) is 0. The summed E-state index contributed by atoms with van der Waals surface area (Å²) in [6, 6.07) is 0. The summed E-state index contributed by atoms with van der Waals surface area (Å²) < 4.78 is 0. The second-order valence-electron chi connectivity index (χ2n) is 3.55. The van der Waals surface area contributed by atoms with E-state index in [-0.39, 0.29) is 0 Å². The highest BCUT2D eigenvalue weighted by Crippen LogP contribution is 2.08. The van der Waals surface area contributed by atoms with E-state index < -0.39 is 0 Å². The van der Waals surface area contributed by atoms with Crippen LogP contribution in [0.4, 0.5) is 0 Å². The first-order valence-corrected chi connectivity index (χ1v) is 5.23. The van der Waals surface area contributed by atoms with Gasteiger partial charge in [-0.05, 0) is 19.3 Å². The molecule has 1 heteroatoms. The lowest BCUT2D eigenvalue weighted by Gasteiger charge is -1.99. The third-order valence-electron chi connectivity index (χ3n) is 2.31. The van der Waals surface area contributed by atoms with Gasteiger partial charge in [0.1, 0.15) is 5.78 Å². The quantitative estimate of drug-likeness (QED) is 0.555. The maximum atomic E-state index is 11.2. The number of ketones is 1. The number of carbonyl (C=O) groups is 1. The molecule has 1 aliphatic rings. The molecule has 0 unspecified atom stereocenters. The fourth-order valence-corrected chi connectivity index (χ4v) is 1.49. The summed E-state index contributed by atoms with van der Waals surface area (Å²) >= 11 is 0. The third kappa shape index (κ3) is 5.40. The van der Waals surface area contributed by atoms with Gasteiger partial charge in [0.2, 0.25) is 0 Å². The summed E-state index contributed by atoms with van der Waals surface area (Å²) in [6.07, 6.45) is 15.6. The van der Waals surface area contributed by atoms with Crippen molar-refractivity contribution in [2.75, 3.05) is 0 Å². The Labute approximate surface area is 80.5 Å². The minimum atomic E-state index is 0.380. The molecule has 0 aliphatic heterocycles. The topological polar surface area (TPSA) is 17.1 Å². The Kier molecular flexibility index (Phi) is 5.23. The molecule has 13 heavy (non-hydrogen) atoms. The van der Waals surface area contributed by atoms with E-state index in [4.69, 9.17) is 0 Å². The van der Waals surface area contributed by atoms with Crippen molar-refractivity contribution in [1.29, 1.82) is 0 Å². The minimum absolute atomic E-state index is 0.380. The van der Waals surface area contributed by atoms with Crippen LogP contribution in [0.1, 0.15) is 44.9 Å². The van der Waals surface area contributed by atoms with Gasteiger partial charge >= 0.3 is 0 Å². The number of allylic oxidation sites excluding steroid dienone is 4. The Hall–Kier alpha value is -0.850. The summed E-state index contributed by atoms with van der Waals surface area (Å²) in [5.41, 5.74) is 0. The van der Waals surface area contributed by atoms with Crippen LogP contribution in [-0.2, 0) is 4.79 Å². The van der Waals surface area contributed by atoms with Gasteiger partial charge in [0.15, 0.2) is 0 Å². The van der Waals surface area contributed by atoms with Crippen LogP contribution < -0.4 is 0 Å². The van der Waals surface area contributed by atoms with Gasteiger partial charge in [0, 0.05) is 12.8 Å². The molecule has 0 radical (unpaired) electrons. The Morgan fingerprint density at radius 1 is 0.923 bits per heavy atom. The van der Waals surface area contributed by atoms with Crippen LogP contribution in [0.5, 0.6) is 0 Å². The molecule has 0 bridgehead atoms. The van der Waals surface area contributed by atoms with Crippen molar-refractivity contribution in [1.82, 2.24) is 0 Å². The minimum Gasteiger partial charge on any atom is -0.299 e. The molecule has 0 saturated heterocycles. The molecular weight excluding hydrogens is 160 g/mol. The van der Waals surface area contributed by atoms with E-state index in [1.54, 1.807) is 0 Å². The van der Waals surface area contributed by atoms with Gasteiger partial charge < -0.3 is 0 Å².